The van der Waals surface area contributed by atoms with Crippen LogP contribution in [0.4, 0.5) is 22.4 Å². The van der Waals surface area contributed by atoms with Gasteiger partial charge < -0.3 is 14.7 Å². The van der Waals surface area contributed by atoms with Crippen LogP contribution in [0, 0.1) is 5.82 Å². The molecule has 1 aliphatic rings. The molecule has 1 saturated heterocycles. The van der Waals surface area contributed by atoms with E-state index in [-0.39, 0.29) is 18.8 Å². The molecule has 2 rings (SSSR count). The molecular formula is C13H13F4NO3. The molecule has 0 aromatic heterocycles. The van der Waals surface area contributed by atoms with Crippen LogP contribution in [0.3, 0.4) is 0 Å². The second-order valence-electron chi connectivity index (χ2n) is 4.76. The van der Waals surface area contributed by atoms with Gasteiger partial charge in [0.2, 0.25) is 0 Å². The van der Waals surface area contributed by atoms with E-state index in [4.69, 9.17) is 9.84 Å². The van der Waals surface area contributed by atoms with E-state index in [9.17, 15) is 22.4 Å². The SMILES string of the molecule is O=C(O)N1CCC(Oc2cc(F)cc(C(F)(F)F)c2)CC1. The zero-order valence-corrected chi connectivity index (χ0v) is 10.9. The molecule has 1 heterocycles. The molecule has 0 saturated carbocycles. The molecule has 1 amide bonds. The Morgan fingerprint density at radius 3 is 2.38 bits per heavy atom. The smallest absolute Gasteiger partial charge is 0.416 e. The van der Waals surface area contributed by atoms with Gasteiger partial charge in [-0.25, -0.2) is 9.18 Å². The standard InChI is InChI=1S/C13H13F4NO3/c14-9-5-8(13(15,16)17)6-11(7-9)21-10-1-3-18(4-2-10)12(19)20/h5-7,10H,1-4H2,(H,19,20). The summed E-state index contributed by atoms with van der Waals surface area (Å²) in [5, 5.41) is 8.79. The highest BCUT2D eigenvalue weighted by Crippen LogP contribution is 2.33. The molecule has 0 atom stereocenters. The summed E-state index contributed by atoms with van der Waals surface area (Å²) in [7, 11) is 0. The normalized spacial score (nSPS) is 16.9. The molecule has 116 valence electrons. The van der Waals surface area contributed by atoms with Crippen molar-refractivity contribution in [1.29, 1.82) is 0 Å². The number of hydrogen-bond donors (Lipinski definition) is 1. The molecule has 1 N–H and O–H groups in total. The van der Waals surface area contributed by atoms with Gasteiger partial charge in [-0.05, 0) is 12.1 Å². The summed E-state index contributed by atoms with van der Waals surface area (Å²) >= 11 is 0. The molecule has 8 heteroatoms. The average molecular weight is 307 g/mol. The topological polar surface area (TPSA) is 49.8 Å². The van der Waals surface area contributed by atoms with Gasteiger partial charge in [0.05, 0.1) is 5.56 Å². The van der Waals surface area contributed by atoms with E-state index >= 15 is 0 Å². The van der Waals surface area contributed by atoms with Crippen LogP contribution in [-0.4, -0.2) is 35.3 Å². The van der Waals surface area contributed by atoms with E-state index in [2.05, 4.69) is 0 Å². The van der Waals surface area contributed by atoms with Crippen LogP contribution in [0.15, 0.2) is 18.2 Å². The minimum Gasteiger partial charge on any atom is -0.490 e. The number of hydrogen-bond acceptors (Lipinski definition) is 2. The predicted octanol–water partition coefficient (Wildman–Crippen LogP) is 3.37. The number of ether oxygens (including phenoxy) is 1. The number of benzene rings is 1. The first-order valence-electron chi connectivity index (χ1n) is 6.28. The van der Waals surface area contributed by atoms with E-state index in [0.29, 0.717) is 18.9 Å². The van der Waals surface area contributed by atoms with Gasteiger partial charge in [0, 0.05) is 32.0 Å². The molecule has 1 aromatic carbocycles. The molecule has 0 aliphatic carbocycles. The van der Waals surface area contributed by atoms with E-state index < -0.39 is 29.8 Å². The maximum atomic E-state index is 13.2. The lowest BCUT2D eigenvalue weighted by Crippen LogP contribution is -2.41. The number of rotatable bonds is 2. The molecule has 1 aliphatic heterocycles. The van der Waals surface area contributed by atoms with Crippen molar-refractivity contribution in [1.82, 2.24) is 4.90 Å². The first-order valence-corrected chi connectivity index (χ1v) is 6.28. The van der Waals surface area contributed by atoms with E-state index in [1.807, 2.05) is 0 Å². The molecule has 4 nitrogen and oxygen atoms in total. The zero-order valence-electron chi connectivity index (χ0n) is 10.9. The van der Waals surface area contributed by atoms with Crippen molar-refractivity contribution in [2.75, 3.05) is 13.1 Å². The van der Waals surface area contributed by atoms with Crippen molar-refractivity contribution in [3.05, 3.63) is 29.6 Å². The number of amides is 1. The van der Waals surface area contributed by atoms with E-state index in [0.717, 1.165) is 12.1 Å². The van der Waals surface area contributed by atoms with Crippen molar-refractivity contribution in [3.63, 3.8) is 0 Å². The van der Waals surface area contributed by atoms with Crippen LogP contribution in [-0.2, 0) is 6.18 Å². The second-order valence-corrected chi connectivity index (χ2v) is 4.76. The van der Waals surface area contributed by atoms with E-state index in [1.165, 1.54) is 4.90 Å². The lowest BCUT2D eigenvalue weighted by Gasteiger charge is -2.30. The van der Waals surface area contributed by atoms with Crippen molar-refractivity contribution in [3.8, 4) is 5.75 Å². The fraction of sp³-hybridized carbons (Fsp3) is 0.462. The number of likely N-dealkylation sites (tertiary alicyclic amines) is 1. The average Bonchev–Trinajstić information content (AvgIpc) is 2.37. The van der Waals surface area contributed by atoms with Crippen LogP contribution in [0.25, 0.3) is 0 Å². The van der Waals surface area contributed by atoms with Gasteiger partial charge in [0.15, 0.2) is 0 Å². The maximum Gasteiger partial charge on any atom is 0.416 e. The zero-order chi connectivity index (χ0) is 15.6. The lowest BCUT2D eigenvalue weighted by molar-refractivity contribution is -0.137. The fourth-order valence-corrected chi connectivity index (χ4v) is 2.15. The molecule has 0 bridgehead atoms. The summed E-state index contributed by atoms with van der Waals surface area (Å²) in [4.78, 5) is 11.9. The molecule has 0 spiro atoms. The first kappa shape index (κ1) is 15.4. The van der Waals surface area contributed by atoms with Crippen LogP contribution in [0.1, 0.15) is 18.4 Å². The van der Waals surface area contributed by atoms with E-state index in [1.54, 1.807) is 0 Å². The van der Waals surface area contributed by atoms with Crippen molar-refractivity contribution in [2.24, 2.45) is 0 Å². The third-order valence-corrected chi connectivity index (χ3v) is 3.21. The quantitative estimate of drug-likeness (QED) is 0.852. The third-order valence-electron chi connectivity index (χ3n) is 3.21. The minimum atomic E-state index is -4.65. The Morgan fingerprint density at radius 2 is 1.86 bits per heavy atom. The third kappa shape index (κ3) is 3.99. The highest BCUT2D eigenvalue weighted by Gasteiger charge is 2.32. The van der Waals surface area contributed by atoms with Gasteiger partial charge in [-0.2, -0.15) is 13.2 Å². The number of nitrogens with zero attached hydrogens (tertiary/aromatic N) is 1. The molecule has 0 unspecified atom stereocenters. The predicted molar refractivity (Wildman–Crippen MR) is 64.6 cm³/mol. The number of piperidine rings is 1. The molecular weight excluding hydrogens is 294 g/mol. The number of carboxylic acid groups (broad SMARTS) is 1. The monoisotopic (exact) mass is 307 g/mol. The summed E-state index contributed by atoms with van der Waals surface area (Å²) in [6.45, 7) is 0.475. The maximum absolute atomic E-state index is 13.2. The largest absolute Gasteiger partial charge is 0.490 e. The van der Waals surface area contributed by atoms with Gasteiger partial charge in [-0.3, -0.25) is 0 Å². The molecule has 21 heavy (non-hydrogen) atoms. The summed E-state index contributed by atoms with van der Waals surface area (Å²) in [6.07, 6.45) is -5.41. The Bertz CT molecular complexity index is 525. The van der Waals surface area contributed by atoms with Crippen LogP contribution in [0.2, 0.25) is 0 Å². The van der Waals surface area contributed by atoms with Gasteiger partial charge >= 0.3 is 12.3 Å². The highest BCUT2D eigenvalue weighted by atomic mass is 19.4. The van der Waals surface area contributed by atoms with Gasteiger partial charge in [0.25, 0.3) is 0 Å². The molecule has 1 aromatic rings. The van der Waals surface area contributed by atoms with Crippen molar-refractivity contribution < 1.29 is 32.2 Å². The molecule has 1 fully saturated rings. The highest BCUT2D eigenvalue weighted by molar-refractivity contribution is 5.65. The summed E-state index contributed by atoms with van der Waals surface area (Å²) in [6, 6.07) is 2.03. The Kier molecular flexibility index (Phi) is 4.24. The fourth-order valence-electron chi connectivity index (χ4n) is 2.15. The summed E-state index contributed by atoms with van der Waals surface area (Å²) < 4.78 is 56.3. The van der Waals surface area contributed by atoms with Crippen LogP contribution >= 0.6 is 0 Å². The van der Waals surface area contributed by atoms with Crippen LogP contribution in [0.5, 0.6) is 5.75 Å². The Balaban J connectivity index is 2.04. The second kappa shape index (κ2) is 5.79. The molecule has 0 radical (unpaired) electrons. The number of halogens is 4. The minimum absolute atomic E-state index is 0.198. The first-order chi connectivity index (χ1) is 9.75. The van der Waals surface area contributed by atoms with Crippen molar-refractivity contribution >= 4 is 6.09 Å². The van der Waals surface area contributed by atoms with Crippen LogP contribution < -0.4 is 4.74 Å². The number of carbonyl (C=O) groups is 1. The van der Waals surface area contributed by atoms with Gasteiger partial charge in [0.1, 0.15) is 17.7 Å². The lowest BCUT2D eigenvalue weighted by atomic mass is 10.1. The Labute approximate surface area is 117 Å². The summed E-state index contributed by atoms with van der Waals surface area (Å²) in [5.41, 5.74) is -1.11. The van der Waals surface area contributed by atoms with Crippen molar-refractivity contribution in [2.45, 2.75) is 25.1 Å². The number of alkyl halides is 3. The Hall–Kier alpha value is -1.99. The Morgan fingerprint density at radius 1 is 1.24 bits per heavy atom. The van der Waals surface area contributed by atoms with Gasteiger partial charge in [-0.15, -0.1) is 0 Å². The summed E-state index contributed by atoms with van der Waals surface area (Å²) in [5.74, 6) is -1.22. The van der Waals surface area contributed by atoms with Gasteiger partial charge in [-0.1, -0.05) is 0 Å².